The van der Waals surface area contributed by atoms with Crippen molar-refractivity contribution in [3.05, 3.63) is 88.2 Å². The molecule has 8 heteroatoms. The Balaban J connectivity index is 1.48. The lowest BCUT2D eigenvalue weighted by Crippen LogP contribution is -2.31. The molecule has 5 rings (SSSR count). The number of nitrogens with one attached hydrogen (secondary N) is 2. The van der Waals surface area contributed by atoms with Crippen LogP contribution in [-0.2, 0) is 24.3 Å². The lowest BCUT2D eigenvalue weighted by atomic mass is 10.1. The van der Waals surface area contributed by atoms with Crippen LogP contribution in [0.25, 0.3) is 10.9 Å². The Morgan fingerprint density at radius 2 is 1.73 bits per heavy atom. The van der Waals surface area contributed by atoms with E-state index in [1.165, 1.54) is 10.1 Å². The third kappa shape index (κ3) is 5.38. The van der Waals surface area contributed by atoms with Crippen molar-refractivity contribution in [3.8, 4) is 17.2 Å². The summed E-state index contributed by atoms with van der Waals surface area (Å²) in [6.45, 7) is 3.15. The largest absolute Gasteiger partial charge is 0.497 e. The summed E-state index contributed by atoms with van der Waals surface area (Å²) in [5.41, 5.74) is 3.64. The van der Waals surface area contributed by atoms with Gasteiger partial charge in [0.1, 0.15) is 25.5 Å². The van der Waals surface area contributed by atoms with Crippen LogP contribution >= 0.6 is 0 Å². The van der Waals surface area contributed by atoms with Gasteiger partial charge in [-0.15, -0.1) is 0 Å². The summed E-state index contributed by atoms with van der Waals surface area (Å²) in [6.07, 6.45) is 0.962. The molecule has 3 aromatic carbocycles. The van der Waals surface area contributed by atoms with E-state index in [-0.39, 0.29) is 18.0 Å². The van der Waals surface area contributed by atoms with Gasteiger partial charge < -0.3 is 24.8 Å². The number of aromatic nitrogens is 1. The SMILES string of the molecule is CCc1ccc(NCc2cc3cc4c(cc3n(CC(=O)Nc3cccc(OC)c3)c2=O)OCCO4)cc1. The van der Waals surface area contributed by atoms with Gasteiger partial charge in [-0.1, -0.05) is 25.1 Å². The molecule has 1 amide bonds. The molecule has 0 saturated heterocycles. The van der Waals surface area contributed by atoms with Crippen molar-refractivity contribution in [1.29, 1.82) is 0 Å². The number of hydrogen-bond donors (Lipinski definition) is 2. The first-order valence-electron chi connectivity index (χ1n) is 12.3. The Morgan fingerprint density at radius 1 is 0.973 bits per heavy atom. The number of methoxy groups -OCH3 is 1. The van der Waals surface area contributed by atoms with Gasteiger partial charge in [0.15, 0.2) is 11.5 Å². The van der Waals surface area contributed by atoms with Gasteiger partial charge in [-0.2, -0.15) is 0 Å². The van der Waals surface area contributed by atoms with Crippen LogP contribution in [0.4, 0.5) is 11.4 Å². The highest BCUT2D eigenvalue weighted by Crippen LogP contribution is 2.34. The molecule has 0 saturated carbocycles. The number of carbonyl (C=O) groups excluding carboxylic acids is 1. The molecular weight excluding hydrogens is 470 g/mol. The van der Waals surface area contributed by atoms with Crippen LogP contribution < -0.4 is 30.4 Å². The van der Waals surface area contributed by atoms with Gasteiger partial charge in [-0.05, 0) is 48.4 Å². The van der Waals surface area contributed by atoms with Crippen LogP contribution in [0.5, 0.6) is 17.2 Å². The van der Waals surface area contributed by atoms with Crippen molar-refractivity contribution in [1.82, 2.24) is 4.57 Å². The second kappa shape index (κ2) is 10.7. The average Bonchev–Trinajstić information content (AvgIpc) is 2.93. The normalized spacial score (nSPS) is 12.3. The van der Waals surface area contributed by atoms with E-state index in [1.807, 2.05) is 24.3 Å². The van der Waals surface area contributed by atoms with Gasteiger partial charge >= 0.3 is 0 Å². The fourth-order valence-corrected chi connectivity index (χ4v) is 4.36. The molecule has 0 unspecified atom stereocenters. The summed E-state index contributed by atoms with van der Waals surface area (Å²) in [7, 11) is 1.57. The van der Waals surface area contributed by atoms with Gasteiger partial charge in [0.2, 0.25) is 5.91 Å². The highest BCUT2D eigenvalue weighted by molar-refractivity contribution is 5.92. The molecule has 1 aliphatic rings. The molecule has 2 heterocycles. The number of carbonyl (C=O) groups is 1. The van der Waals surface area contributed by atoms with E-state index in [0.29, 0.717) is 53.8 Å². The number of amides is 1. The lowest BCUT2D eigenvalue weighted by Gasteiger charge is -2.21. The Morgan fingerprint density at radius 3 is 2.46 bits per heavy atom. The second-order valence-electron chi connectivity index (χ2n) is 8.80. The van der Waals surface area contributed by atoms with Crippen molar-refractivity contribution in [2.75, 3.05) is 31.0 Å². The van der Waals surface area contributed by atoms with E-state index < -0.39 is 0 Å². The number of hydrogen-bond acceptors (Lipinski definition) is 6. The Labute approximate surface area is 214 Å². The molecule has 190 valence electrons. The van der Waals surface area contributed by atoms with Crippen molar-refractivity contribution >= 4 is 28.2 Å². The zero-order valence-electron chi connectivity index (χ0n) is 20.9. The van der Waals surface area contributed by atoms with E-state index in [4.69, 9.17) is 14.2 Å². The zero-order chi connectivity index (χ0) is 25.8. The molecule has 0 fully saturated rings. The number of rotatable bonds is 8. The number of fused-ring (bicyclic) bond motifs is 2. The summed E-state index contributed by atoms with van der Waals surface area (Å²) in [4.78, 5) is 26.6. The van der Waals surface area contributed by atoms with Crippen molar-refractivity contribution in [2.24, 2.45) is 0 Å². The molecule has 8 nitrogen and oxygen atoms in total. The maximum Gasteiger partial charge on any atom is 0.256 e. The minimum Gasteiger partial charge on any atom is -0.497 e. The monoisotopic (exact) mass is 499 g/mol. The highest BCUT2D eigenvalue weighted by atomic mass is 16.6. The maximum absolute atomic E-state index is 13.6. The second-order valence-corrected chi connectivity index (χ2v) is 8.80. The van der Waals surface area contributed by atoms with Crippen LogP contribution in [0.1, 0.15) is 18.1 Å². The molecule has 37 heavy (non-hydrogen) atoms. The zero-order valence-corrected chi connectivity index (χ0v) is 20.9. The van der Waals surface area contributed by atoms with E-state index in [0.717, 1.165) is 17.5 Å². The minimum atomic E-state index is -0.327. The third-order valence-corrected chi connectivity index (χ3v) is 6.33. The lowest BCUT2D eigenvalue weighted by molar-refractivity contribution is -0.116. The van der Waals surface area contributed by atoms with Gasteiger partial charge in [0.25, 0.3) is 5.56 Å². The number of pyridine rings is 1. The number of anilines is 2. The fourth-order valence-electron chi connectivity index (χ4n) is 4.36. The molecule has 0 aliphatic carbocycles. The smallest absolute Gasteiger partial charge is 0.256 e. The van der Waals surface area contributed by atoms with Crippen LogP contribution in [0.2, 0.25) is 0 Å². The first-order valence-corrected chi connectivity index (χ1v) is 12.3. The Hall–Kier alpha value is -4.46. The molecule has 4 aromatic rings. The summed E-state index contributed by atoms with van der Waals surface area (Å²) < 4.78 is 18.2. The highest BCUT2D eigenvalue weighted by Gasteiger charge is 2.18. The number of ether oxygens (including phenoxy) is 3. The van der Waals surface area contributed by atoms with Crippen molar-refractivity contribution < 1.29 is 19.0 Å². The molecule has 0 atom stereocenters. The Kier molecular flexibility index (Phi) is 6.98. The summed E-state index contributed by atoms with van der Waals surface area (Å²) in [5.74, 6) is 1.48. The van der Waals surface area contributed by atoms with Crippen LogP contribution in [0, 0.1) is 0 Å². The van der Waals surface area contributed by atoms with Crippen molar-refractivity contribution in [3.63, 3.8) is 0 Å². The van der Waals surface area contributed by atoms with Crippen LogP contribution in [-0.4, -0.2) is 30.8 Å². The molecule has 2 N–H and O–H groups in total. The topological polar surface area (TPSA) is 90.8 Å². The number of nitrogens with zero attached hydrogens (tertiary/aromatic N) is 1. The first kappa shape index (κ1) is 24.2. The summed E-state index contributed by atoms with van der Waals surface area (Å²) >= 11 is 0. The molecular formula is C29H29N3O5. The standard InChI is InChI=1S/C29H29N3O5/c1-3-19-7-9-22(10-8-19)30-17-21-13-20-14-26-27(37-12-11-36-26)16-25(20)32(29(21)34)18-28(33)31-23-5-4-6-24(15-23)35-2/h4-10,13-16,30H,3,11-12,17-18H2,1-2H3,(H,31,33). The van der Waals surface area contributed by atoms with Crippen molar-refractivity contribution in [2.45, 2.75) is 26.4 Å². The third-order valence-electron chi connectivity index (χ3n) is 6.33. The maximum atomic E-state index is 13.6. The average molecular weight is 500 g/mol. The molecule has 0 bridgehead atoms. The Bertz CT molecular complexity index is 1490. The minimum absolute atomic E-state index is 0.161. The molecule has 1 aromatic heterocycles. The predicted octanol–water partition coefficient (Wildman–Crippen LogP) is 4.59. The molecule has 0 radical (unpaired) electrons. The van der Waals surface area contributed by atoms with Gasteiger partial charge in [-0.25, -0.2) is 0 Å². The van der Waals surface area contributed by atoms with E-state index in [9.17, 15) is 9.59 Å². The number of benzene rings is 3. The first-order chi connectivity index (χ1) is 18.0. The fraction of sp³-hybridized carbons (Fsp3) is 0.241. The van der Waals surface area contributed by atoms with Gasteiger partial charge in [0.05, 0.1) is 12.6 Å². The van der Waals surface area contributed by atoms with E-state index in [2.05, 4.69) is 29.7 Å². The number of aryl methyl sites for hydroxylation is 1. The summed E-state index contributed by atoms with van der Waals surface area (Å²) in [6, 6.07) is 20.7. The van der Waals surface area contributed by atoms with E-state index in [1.54, 1.807) is 37.4 Å². The molecule has 0 spiro atoms. The molecule has 1 aliphatic heterocycles. The van der Waals surface area contributed by atoms with Crippen LogP contribution in [0.3, 0.4) is 0 Å². The predicted molar refractivity (Wildman–Crippen MR) is 144 cm³/mol. The quantitative estimate of drug-likeness (QED) is 0.368. The van der Waals surface area contributed by atoms with Gasteiger partial charge in [0, 0.05) is 41.0 Å². The van der Waals surface area contributed by atoms with Gasteiger partial charge in [-0.3, -0.25) is 14.2 Å². The van der Waals surface area contributed by atoms with Crippen LogP contribution in [0.15, 0.2) is 71.5 Å². The van der Waals surface area contributed by atoms with E-state index >= 15 is 0 Å². The summed E-state index contributed by atoms with van der Waals surface area (Å²) in [5, 5.41) is 6.97.